The van der Waals surface area contributed by atoms with Gasteiger partial charge in [0.1, 0.15) is 17.6 Å². The molecule has 2 aliphatic heterocycles. The molecule has 2 amide bonds. The average Bonchev–Trinajstić information content (AvgIpc) is 2.87. The van der Waals surface area contributed by atoms with Crippen molar-refractivity contribution < 1.29 is 18.4 Å². The van der Waals surface area contributed by atoms with Gasteiger partial charge in [0.2, 0.25) is 11.8 Å². The van der Waals surface area contributed by atoms with E-state index in [1.165, 1.54) is 4.90 Å². The van der Waals surface area contributed by atoms with Gasteiger partial charge in [-0.1, -0.05) is 0 Å². The molecule has 0 spiro atoms. The van der Waals surface area contributed by atoms with Gasteiger partial charge in [0.15, 0.2) is 0 Å². The highest BCUT2D eigenvalue weighted by molar-refractivity contribution is 6.09. The zero-order valence-electron chi connectivity index (χ0n) is 12.9. The molecule has 1 N–H and O–H groups in total. The molecule has 124 valence electrons. The van der Waals surface area contributed by atoms with E-state index in [-0.39, 0.29) is 23.5 Å². The summed E-state index contributed by atoms with van der Waals surface area (Å²) in [6.45, 7) is 4.11. The first-order valence-electron chi connectivity index (χ1n) is 7.75. The predicted octanol–water partition coefficient (Wildman–Crippen LogP) is 1.14. The molecule has 7 heteroatoms. The van der Waals surface area contributed by atoms with E-state index in [0.717, 1.165) is 18.2 Å². The number of piperazine rings is 1. The van der Waals surface area contributed by atoms with Crippen LogP contribution in [0.5, 0.6) is 0 Å². The van der Waals surface area contributed by atoms with Crippen LogP contribution in [0.3, 0.4) is 0 Å². The minimum Gasteiger partial charge on any atom is -0.339 e. The Labute approximate surface area is 133 Å². The Kier molecular flexibility index (Phi) is 4.30. The van der Waals surface area contributed by atoms with E-state index >= 15 is 0 Å². The third kappa shape index (κ3) is 3.19. The van der Waals surface area contributed by atoms with Gasteiger partial charge in [0, 0.05) is 44.0 Å². The Hall–Kier alpha value is -2.02. The molecule has 1 aromatic rings. The highest BCUT2D eigenvalue weighted by Crippen LogP contribution is 2.28. The molecule has 2 aliphatic rings. The van der Waals surface area contributed by atoms with Crippen molar-refractivity contribution in [2.75, 3.05) is 31.1 Å². The van der Waals surface area contributed by atoms with Crippen LogP contribution in [0.25, 0.3) is 0 Å². The summed E-state index contributed by atoms with van der Waals surface area (Å²) in [6, 6.07) is 3.17. The van der Waals surface area contributed by atoms with Gasteiger partial charge in [-0.25, -0.2) is 8.78 Å². The lowest BCUT2D eigenvalue weighted by Crippen LogP contribution is -2.53. The second-order valence-electron chi connectivity index (χ2n) is 6.10. The van der Waals surface area contributed by atoms with Gasteiger partial charge in [0.25, 0.3) is 0 Å². The topological polar surface area (TPSA) is 52.7 Å². The number of rotatable bonds is 2. The molecule has 3 rings (SSSR count). The number of nitrogens with zero attached hydrogens (tertiary/aromatic N) is 2. The third-order valence-electron chi connectivity index (χ3n) is 4.34. The van der Waals surface area contributed by atoms with Crippen LogP contribution in [0.15, 0.2) is 18.2 Å². The Balaban J connectivity index is 1.74. The number of carbonyl (C=O) groups excluding carboxylic acids is 2. The number of hydrogen-bond acceptors (Lipinski definition) is 3. The van der Waals surface area contributed by atoms with Crippen LogP contribution in [0.4, 0.5) is 14.5 Å². The molecule has 2 unspecified atom stereocenters. The van der Waals surface area contributed by atoms with E-state index in [0.29, 0.717) is 32.6 Å². The largest absolute Gasteiger partial charge is 0.339 e. The highest BCUT2D eigenvalue weighted by atomic mass is 19.1. The van der Waals surface area contributed by atoms with Gasteiger partial charge in [-0.05, 0) is 25.5 Å². The Bertz CT molecular complexity index is 618. The fourth-order valence-corrected chi connectivity index (χ4v) is 3.21. The summed E-state index contributed by atoms with van der Waals surface area (Å²) in [7, 11) is 0. The van der Waals surface area contributed by atoms with Crippen molar-refractivity contribution in [1.82, 2.24) is 10.2 Å². The first-order valence-corrected chi connectivity index (χ1v) is 7.75. The van der Waals surface area contributed by atoms with E-state index in [1.807, 2.05) is 6.92 Å². The number of nitrogens with one attached hydrogen (secondary N) is 1. The third-order valence-corrected chi connectivity index (χ3v) is 4.34. The van der Waals surface area contributed by atoms with Crippen molar-refractivity contribution in [2.45, 2.75) is 19.4 Å². The first-order chi connectivity index (χ1) is 11.0. The summed E-state index contributed by atoms with van der Waals surface area (Å²) in [5, 5.41) is 3.24. The summed E-state index contributed by atoms with van der Waals surface area (Å²) in [4.78, 5) is 28.1. The molecule has 0 radical (unpaired) electrons. The average molecular weight is 323 g/mol. The number of carbonyl (C=O) groups is 2. The van der Waals surface area contributed by atoms with E-state index in [1.54, 1.807) is 4.90 Å². The lowest BCUT2D eigenvalue weighted by molar-refractivity contribution is -0.140. The van der Waals surface area contributed by atoms with Gasteiger partial charge >= 0.3 is 0 Å². The molecule has 23 heavy (non-hydrogen) atoms. The fraction of sp³-hybridized carbons (Fsp3) is 0.500. The second kappa shape index (κ2) is 6.23. The molecular weight excluding hydrogens is 304 g/mol. The maximum Gasteiger partial charge on any atom is 0.239 e. The van der Waals surface area contributed by atoms with Crippen LogP contribution in [0, 0.1) is 17.6 Å². The zero-order valence-corrected chi connectivity index (χ0v) is 12.9. The van der Waals surface area contributed by atoms with Crippen LogP contribution in [0.1, 0.15) is 13.3 Å². The predicted molar refractivity (Wildman–Crippen MR) is 80.9 cm³/mol. The molecule has 5 nitrogen and oxygen atoms in total. The molecular formula is C16H19F2N3O2. The summed E-state index contributed by atoms with van der Waals surface area (Å²) >= 11 is 0. The second-order valence-corrected chi connectivity index (χ2v) is 6.10. The van der Waals surface area contributed by atoms with Crippen LogP contribution in [-0.4, -0.2) is 48.9 Å². The number of anilines is 1. The molecule has 0 bridgehead atoms. The van der Waals surface area contributed by atoms with Crippen molar-refractivity contribution in [1.29, 1.82) is 0 Å². The standard InChI is InChI=1S/C16H19F2N3O2/c1-10-9-20(5-3-19-10)15(22)14-2-4-21(16(14)23)13-7-11(17)6-12(18)8-13/h6-8,10,14,19H,2-5,9H2,1H3. The molecule has 0 aromatic heterocycles. The van der Waals surface area contributed by atoms with E-state index in [4.69, 9.17) is 0 Å². The minimum atomic E-state index is -0.758. The first kappa shape index (κ1) is 15.9. The van der Waals surface area contributed by atoms with E-state index in [9.17, 15) is 18.4 Å². The van der Waals surface area contributed by atoms with E-state index < -0.39 is 17.6 Å². The van der Waals surface area contributed by atoms with Gasteiger partial charge in [0.05, 0.1) is 0 Å². The monoisotopic (exact) mass is 323 g/mol. The lowest BCUT2D eigenvalue weighted by atomic mass is 10.1. The van der Waals surface area contributed by atoms with Gasteiger partial charge in [-0.2, -0.15) is 0 Å². The Morgan fingerprint density at radius 3 is 2.57 bits per heavy atom. The molecule has 2 saturated heterocycles. The molecule has 2 atom stereocenters. The maximum atomic E-state index is 13.3. The zero-order chi connectivity index (χ0) is 16.6. The number of halogens is 2. The SMILES string of the molecule is CC1CN(C(=O)C2CCN(c3cc(F)cc(F)c3)C2=O)CCN1. The van der Waals surface area contributed by atoms with Crippen LogP contribution in [-0.2, 0) is 9.59 Å². The Morgan fingerprint density at radius 2 is 1.91 bits per heavy atom. The van der Waals surface area contributed by atoms with Crippen molar-refractivity contribution in [3.05, 3.63) is 29.8 Å². The molecule has 2 heterocycles. The summed E-state index contributed by atoms with van der Waals surface area (Å²) in [5.74, 6) is -2.81. The van der Waals surface area contributed by atoms with Crippen molar-refractivity contribution in [2.24, 2.45) is 5.92 Å². The van der Waals surface area contributed by atoms with Crippen LogP contribution < -0.4 is 10.2 Å². The maximum absolute atomic E-state index is 13.3. The highest BCUT2D eigenvalue weighted by Gasteiger charge is 2.40. The van der Waals surface area contributed by atoms with Gasteiger partial charge < -0.3 is 15.1 Å². The number of amides is 2. The summed E-state index contributed by atoms with van der Waals surface area (Å²) < 4.78 is 26.7. The molecule has 0 saturated carbocycles. The van der Waals surface area contributed by atoms with Crippen molar-refractivity contribution in [3.8, 4) is 0 Å². The van der Waals surface area contributed by atoms with Crippen molar-refractivity contribution >= 4 is 17.5 Å². The van der Waals surface area contributed by atoms with Crippen LogP contribution in [0.2, 0.25) is 0 Å². The minimum absolute atomic E-state index is 0.163. The quantitative estimate of drug-likeness (QED) is 0.831. The van der Waals surface area contributed by atoms with E-state index in [2.05, 4.69) is 5.32 Å². The van der Waals surface area contributed by atoms with Crippen molar-refractivity contribution in [3.63, 3.8) is 0 Å². The Morgan fingerprint density at radius 1 is 1.22 bits per heavy atom. The number of benzene rings is 1. The molecule has 2 fully saturated rings. The van der Waals surface area contributed by atoms with Crippen LogP contribution >= 0.6 is 0 Å². The molecule has 0 aliphatic carbocycles. The smallest absolute Gasteiger partial charge is 0.239 e. The lowest BCUT2D eigenvalue weighted by Gasteiger charge is -2.33. The normalized spacial score (nSPS) is 25.1. The summed E-state index contributed by atoms with van der Waals surface area (Å²) in [5.41, 5.74) is 0.163. The molecule has 1 aromatic carbocycles. The fourth-order valence-electron chi connectivity index (χ4n) is 3.21. The number of hydrogen-bond donors (Lipinski definition) is 1. The van der Waals surface area contributed by atoms with Gasteiger partial charge in [-0.3, -0.25) is 9.59 Å². The van der Waals surface area contributed by atoms with Gasteiger partial charge in [-0.15, -0.1) is 0 Å². The summed E-state index contributed by atoms with van der Waals surface area (Å²) in [6.07, 6.45) is 0.369.